The van der Waals surface area contributed by atoms with Gasteiger partial charge in [-0.3, -0.25) is 0 Å². The Kier molecular flexibility index (Phi) is 4.13. The molecule has 0 aliphatic carbocycles. The molecule has 14 heavy (non-hydrogen) atoms. The highest BCUT2D eigenvalue weighted by Gasteiger charge is 1.93. The third-order valence-electron chi connectivity index (χ3n) is 1.86. The number of aromatic nitrogens is 2. The van der Waals surface area contributed by atoms with Gasteiger partial charge in [0.1, 0.15) is 5.82 Å². The molecule has 0 saturated heterocycles. The van der Waals surface area contributed by atoms with Crippen LogP contribution in [0, 0.1) is 0 Å². The molecule has 0 saturated carbocycles. The second-order valence-corrected chi connectivity index (χ2v) is 2.99. The second kappa shape index (κ2) is 5.40. The van der Waals surface area contributed by atoms with E-state index in [1.165, 1.54) is 0 Å². The van der Waals surface area contributed by atoms with Crippen LogP contribution in [0.2, 0.25) is 0 Å². The maximum atomic E-state index is 5.52. The summed E-state index contributed by atoms with van der Waals surface area (Å²) in [5, 5.41) is 2.02. The fourth-order valence-electron chi connectivity index (χ4n) is 1.22. The Morgan fingerprint density at radius 1 is 1.50 bits per heavy atom. The van der Waals surface area contributed by atoms with E-state index >= 15 is 0 Å². The number of aromatic amines is 1. The zero-order valence-electron chi connectivity index (χ0n) is 8.75. The summed E-state index contributed by atoms with van der Waals surface area (Å²) in [5.41, 5.74) is 5.52. The van der Waals surface area contributed by atoms with E-state index in [-0.39, 0.29) is 0 Å². The molecule has 0 unspecified atom stereocenters. The van der Waals surface area contributed by atoms with E-state index in [4.69, 9.17) is 5.73 Å². The summed E-state index contributed by atoms with van der Waals surface area (Å²) in [4.78, 5) is 7.55. The molecule has 0 fully saturated rings. The van der Waals surface area contributed by atoms with Gasteiger partial charge in [-0.1, -0.05) is 25.2 Å². The van der Waals surface area contributed by atoms with Crippen LogP contribution in [0.5, 0.6) is 0 Å². The average Bonchev–Trinajstić information content (AvgIpc) is 2.58. The predicted molar refractivity (Wildman–Crippen MR) is 59.8 cm³/mol. The molecule has 1 rings (SSSR count). The summed E-state index contributed by atoms with van der Waals surface area (Å²) in [6.45, 7) is 4.53. The number of nitrogens with one attached hydrogen (secondary N) is 1. The first-order chi connectivity index (χ1) is 6.81. The van der Waals surface area contributed by atoms with E-state index in [1.807, 2.05) is 25.2 Å². The number of hydrogen-bond donors (Lipinski definition) is 2. The van der Waals surface area contributed by atoms with Gasteiger partial charge in [0.25, 0.3) is 0 Å². The molecule has 1 aromatic heterocycles. The Morgan fingerprint density at radius 2 is 2.29 bits per heavy atom. The van der Waals surface area contributed by atoms with Gasteiger partial charge >= 0.3 is 0 Å². The maximum absolute atomic E-state index is 5.52. The van der Waals surface area contributed by atoms with Crippen molar-refractivity contribution in [2.24, 2.45) is 5.73 Å². The molecule has 0 spiro atoms. The third-order valence-corrected chi connectivity index (χ3v) is 1.86. The summed E-state index contributed by atoms with van der Waals surface area (Å²) in [7, 11) is 0. The minimum absolute atomic E-state index is 0.453. The van der Waals surface area contributed by atoms with Crippen LogP contribution in [0.25, 0.3) is 12.2 Å². The Morgan fingerprint density at radius 3 is 2.86 bits per heavy atom. The number of nitrogens with two attached hydrogens (primary N) is 1. The standard InChI is InChI=1S/C11H17N3/c1-3-5-7-10-9(6-4-2)13-11(8-12)14-10/h3,5-7H,4,8,12H2,1-2H3,(H,13,14)/b5-3-,9-6+,10-7+. The van der Waals surface area contributed by atoms with Crippen LogP contribution in [0.4, 0.5) is 0 Å². The van der Waals surface area contributed by atoms with Gasteiger partial charge in [-0.05, 0) is 19.4 Å². The first-order valence-corrected chi connectivity index (χ1v) is 4.90. The predicted octanol–water partition coefficient (Wildman–Crippen LogP) is 0.416. The highest BCUT2D eigenvalue weighted by Crippen LogP contribution is 1.79. The van der Waals surface area contributed by atoms with Crippen LogP contribution in [-0.2, 0) is 6.54 Å². The third kappa shape index (κ3) is 2.57. The zero-order valence-corrected chi connectivity index (χ0v) is 8.75. The molecule has 3 nitrogen and oxygen atoms in total. The second-order valence-electron chi connectivity index (χ2n) is 2.99. The van der Waals surface area contributed by atoms with Gasteiger partial charge in [-0.2, -0.15) is 0 Å². The van der Waals surface area contributed by atoms with E-state index < -0.39 is 0 Å². The zero-order chi connectivity index (χ0) is 10.4. The van der Waals surface area contributed by atoms with Gasteiger partial charge in [0, 0.05) is 0 Å². The molecule has 0 amide bonds. The molecule has 0 bridgehead atoms. The highest BCUT2D eigenvalue weighted by atomic mass is 14.9. The van der Waals surface area contributed by atoms with Gasteiger partial charge in [0.2, 0.25) is 0 Å². The van der Waals surface area contributed by atoms with Crippen molar-refractivity contribution in [3.63, 3.8) is 0 Å². The quantitative estimate of drug-likeness (QED) is 0.727. The molecule has 1 aromatic rings. The van der Waals surface area contributed by atoms with Crippen molar-refractivity contribution >= 4 is 12.2 Å². The molecule has 0 radical (unpaired) electrons. The number of H-pyrrole nitrogens is 1. The molecule has 0 aliphatic rings. The lowest BCUT2D eigenvalue weighted by Crippen LogP contribution is -2.23. The summed E-state index contributed by atoms with van der Waals surface area (Å²) in [6, 6.07) is 0. The Labute approximate surface area is 84.1 Å². The van der Waals surface area contributed by atoms with Gasteiger partial charge < -0.3 is 10.7 Å². The molecule has 76 valence electrons. The summed E-state index contributed by atoms with van der Waals surface area (Å²) >= 11 is 0. The van der Waals surface area contributed by atoms with Crippen LogP contribution < -0.4 is 16.4 Å². The topological polar surface area (TPSA) is 54.7 Å². The average molecular weight is 191 g/mol. The van der Waals surface area contributed by atoms with Gasteiger partial charge in [-0.15, -0.1) is 0 Å². The first kappa shape index (κ1) is 10.7. The molecule has 0 aromatic carbocycles. The smallest absolute Gasteiger partial charge is 0.121 e. The molecule has 0 atom stereocenters. The van der Waals surface area contributed by atoms with Crippen molar-refractivity contribution in [2.45, 2.75) is 26.8 Å². The Balaban J connectivity index is 3.26. The normalized spacial score (nSPS) is 14.5. The summed E-state index contributed by atoms with van der Waals surface area (Å²) in [5.74, 6) is 0.834. The monoisotopic (exact) mass is 191 g/mol. The van der Waals surface area contributed by atoms with Crippen molar-refractivity contribution in [2.75, 3.05) is 0 Å². The van der Waals surface area contributed by atoms with E-state index in [0.29, 0.717) is 6.54 Å². The Hall–Kier alpha value is -1.35. The fraction of sp³-hybridized carbons (Fsp3) is 0.364. The largest absolute Gasteiger partial charge is 0.341 e. The number of hydrogen-bond acceptors (Lipinski definition) is 2. The number of rotatable bonds is 3. The summed E-state index contributed by atoms with van der Waals surface area (Å²) in [6.07, 6.45) is 9.05. The fourth-order valence-corrected chi connectivity index (χ4v) is 1.22. The van der Waals surface area contributed by atoms with E-state index in [9.17, 15) is 0 Å². The van der Waals surface area contributed by atoms with Crippen LogP contribution in [0.1, 0.15) is 26.1 Å². The van der Waals surface area contributed by atoms with Gasteiger partial charge in [-0.25, -0.2) is 4.98 Å². The van der Waals surface area contributed by atoms with Crippen LogP contribution in [0.15, 0.2) is 12.2 Å². The molecule has 0 aliphatic heterocycles. The van der Waals surface area contributed by atoms with Gasteiger partial charge in [0.15, 0.2) is 0 Å². The first-order valence-electron chi connectivity index (χ1n) is 4.90. The molecule has 3 N–H and O–H groups in total. The molecule has 3 heteroatoms. The van der Waals surface area contributed by atoms with Crippen molar-refractivity contribution in [1.82, 2.24) is 9.97 Å². The lowest BCUT2D eigenvalue weighted by atomic mass is 10.4. The summed E-state index contributed by atoms with van der Waals surface area (Å²) < 4.78 is 0. The van der Waals surface area contributed by atoms with Crippen LogP contribution >= 0.6 is 0 Å². The van der Waals surface area contributed by atoms with E-state index in [2.05, 4.69) is 23.0 Å². The lowest BCUT2D eigenvalue weighted by molar-refractivity contribution is 0.942. The van der Waals surface area contributed by atoms with Gasteiger partial charge in [0.05, 0.1) is 17.2 Å². The van der Waals surface area contributed by atoms with Crippen LogP contribution in [-0.4, -0.2) is 9.97 Å². The Bertz CT molecular complexity index is 412. The van der Waals surface area contributed by atoms with Crippen molar-refractivity contribution in [3.05, 3.63) is 28.7 Å². The van der Waals surface area contributed by atoms with Crippen molar-refractivity contribution < 1.29 is 0 Å². The highest BCUT2D eigenvalue weighted by molar-refractivity contribution is 5.35. The maximum Gasteiger partial charge on any atom is 0.121 e. The van der Waals surface area contributed by atoms with Crippen molar-refractivity contribution in [1.29, 1.82) is 0 Å². The number of nitrogens with zero attached hydrogens (tertiary/aromatic N) is 1. The minimum Gasteiger partial charge on any atom is -0.341 e. The van der Waals surface area contributed by atoms with E-state index in [1.54, 1.807) is 0 Å². The number of allylic oxidation sites excluding steroid dienone is 2. The molecule has 1 heterocycles. The van der Waals surface area contributed by atoms with Crippen molar-refractivity contribution in [3.8, 4) is 0 Å². The lowest BCUT2D eigenvalue weighted by Gasteiger charge is -1.81. The minimum atomic E-state index is 0.453. The SMILES string of the molecule is C\C=C/C=c1/[nH]c(CN)n/c1=C/CC. The molecular weight excluding hydrogens is 174 g/mol. The van der Waals surface area contributed by atoms with E-state index in [0.717, 1.165) is 22.9 Å². The number of imidazole rings is 1. The van der Waals surface area contributed by atoms with Crippen LogP contribution in [0.3, 0.4) is 0 Å². The molecular formula is C11H17N3.